The molecule has 3 N–H and O–H groups in total. The highest BCUT2D eigenvalue weighted by Crippen LogP contribution is 2.28. The maximum atomic E-state index is 13.6. The van der Waals surface area contributed by atoms with E-state index in [0.717, 1.165) is 27.5 Å². The fourth-order valence-corrected chi connectivity index (χ4v) is 3.14. The Bertz CT molecular complexity index is 1080. The van der Waals surface area contributed by atoms with E-state index in [9.17, 15) is 9.18 Å². The van der Waals surface area contributed by atoms with Crippen molar-refractivity contribution in [2.24, 2.45) is 0 Å². The van der Waals surface area contributed by atoms with E-state index < -0.39 is 0 Å². The molecule has 0 radical (unpaired) electrons. The molecule has 0 aliphatic carbocycles. The summed E-state index contributed by atoms with van der Waals surface area (Å²) in [6, 6.07) is 12.0. The van der Waals surface area contributed by atoms with Crippen molar-refractivity contribution in [1.82, 2.24) is 20.1 Å². The molecule has 0 atom stereocenters. The molecule has 0 aliphatic rings. The van der Waals surface area contributed by atoms with Crippen LogP contribution in [-0.4, -0.2) is 38.9 Å². The number of carbonyl (C=O) groups excluding carboxylic acids is 1. The molecule has 26 heavy (non-hydrogen) atoms. The van der Waals surface area contributed by atoms with E-state index in [0.29, 0.717) is 12.1 Å². The van der Waals surface area contributed by atoms with Gasteiger partial charge in [-0.25, -0.2) is 4.39 Å². The Kier molecular flexibility index (Phi) is 4.14. The van der Waals surface area contributed by atoms with Crippen LogP contribution in [0.1, 0.15) is 15.9 Å². The second kappa shape index (κ2) is 6.61. The number of benzene rings is 2. The zero-order valence-electron chi connectivity index (χ0n) is 13.9. The molecule has 0 unspecified atom stereocenters. The highest BCUT2D eigenvalue weighted by atomic mass is 19.1. The number of halogens is 1. The van der Waals surface area contributed by atoms with Gasteiger partial charge in [-0.05, 0) is 35.9 Å². The van der Waals surface area contributed by atoms with E-state index >= 15 is 0 Å². The van der Waals surface area contributed by atoms with Crippen molar-refractivity contribution in [3.63, 3.8) is 0 Å². The van der Waals surface area contributed by atoms with Crippen molar-refractivity contribution in [2.45, 2.75) is 6.54 Å². The molecular weight excluding hydrogens is 335 g/mol. The molecule has 7 heteroatoms. The number of fused-ring (bicyclic) bond motifs is 3. The van der Waals surface area contributed by atoms with Crippen molar-refractivity contribution in [3.8, 4) is 0 Å². The quantitative estimate of drug-likeness (QED) is 0.516. The van der Waals surface area contributed by atoms with Crippen molar-refractivity contribution in [2.75, 3.05) is 13.2 Å². The fraction of sp³-hybridized carbons (Fsp3) is 0.158. The molecule has 0 fully saturated rings. The molecule has 2 aromatic heterocycles. The number of hydrogen-bond acceptors (Lipinski definition) is 3. The summed E-state index contributed by atoms with van der Waals surface area (Å²) in [5, 5.41) is 19.2. The van der Waals surface area contributed by atoms with Gasteiger partial charge in [-0.15, -0.1) is 0 Å². The third-order valence-electron chi connectivity index (χ3n) is 4.38. The molecule has 1 amide bonds. The zero-order chi connectivity index (χ0) is 18.1. The number of aromatic nitrogens is 3. The van der Waals surface area contributed by atoms with Crippen molar-refractivity contribution < 1.29 is 14.3 Å². The molecule has 0 saturated carbocycles. The van der Waals surface area contributed by atoms with Crippen molar-refractivity contribution in [3.05, 3.63) is 65.6 Å². The summed E-state index contributed by atoms with van der Waals surface area (Å²) in [5.74, 6) is -0.505. The van der Waals surface area contributed by atoms with Crippen LogP contribution in [0.4, 0.5) is 4.39 Å². The van der Waals surface area contributed by atoms with Gasteiger partial charge in [0.2, 0.25) is 0 Å². The van der Waals surface area contributed by atoms with Crippen LogP contribution in [0.2, 0.25) is 0 Å². The lowest BCUT2D eigenvalue weighted by molar-refractivity contribution is 0.0945. The Hall–Kier alpha value is -3.19. The Labute approximate surface area is 148 Å². The lowest BCUT2D eigenvalue weighted by atomic mass is 10.1. The summed E-state index contributed by atoms with van der Waals surface area (Å²) < 4.78 is 15.7. The predicted octanol–water partition coefficient (Wildman–Crippen LogP) is 2.43. The van der Waals surface area contributed by atoms with Crippen LogP contribution in [0, 0.1) is 5.82 Å². The monoisotopic (exact) mass is 352 g/mol. The summed E-state index contributed by atoms with van der Waals surface area (Å²) in [6.45, 7) is 0.709. The van der Waals surface area contributed by atoms with Gasteiger partial charge in [-0.1, -0.05) is 12.1 Å². The van der Waals surface area contributed by atoms with Crippen LogP contribution < -0.4 is 5.32 Å². The van der Waals surface area contributed by atoms with Gasteiger partial charge < -0.3 is 15.0 Å². The number of aliphatic hydroxyl groups excluding tert-OH is 1. The molecule has 2 aromatic carbocycles. The molecule has 0 bridgehead atoms. The highest BCUT2D eigenvalue weighted by Gasteiger charge is 2.13. The second-order valence-electron chi connectivity index (χ2n) is 6.05. The van der Waals surface area contributed by atoms with Gasteiger partial charge in [-0.2, -0.15) is 5.10 Å². The molecule has 0 saturated heterocycles. The standard InChI is InChI=1S/C19H17FN4O2/c20-14-5-6-16-15(9-14)18-17(10-22-23-18)24(16)11-12-1-3-13(4-2-12)19(26)21-7-8-25/h1-6,9-10,25H,7-8,11H2,(H,21,26)(H,22,23). The van der Waals surface area contributed by atoms with E-state index in [1.165, 1.54) is 12.1 Å². The molecule has 132 valence electrons. The van der Waals surface area contributed by atoms with E-state index in [1.807, 2.05) is 12.1 Å². The molecule has 6 nitrogen and oxygen atoms in total. The normalized spacial score (nSPS) is 11.3. The first-order valence-corrected chi connectivity index (χ1v) is 8.26. The van der Waals surface area contributed by atoms with Crippen LogP contribution in [0.3, 0.4) is 0 Å². The fourth-order valence-electron chi connectivity index (χ4n) is 3.14. The maximum absolute atomic E-state index is 13.6. The summed E-state index contributed by atoms with van der Waals surface area (Å²) in [6.07, 6.45) is 1.73. The van der Waals surface area contributed by atoms with Gasteiger partial charge in [-0.3, -0.25) is 9.89 Å². The van der Waals surface area contributed by atoms with Crippen LogP contribution in [0.5, 0.6) is 0 Å². The van der Waals surface area contributed by atoms with Crippen LogP contribution in [0.15, 0.2) is 48.7 Å². The smallest absolute Gasteiger partial charge is 0.251 e. The van der Waals surface area contributed by atoms with E-state index in [1.54, 1.807) is 24.4 Å². The molecule has 4 aromatic rings. The van der Waals surface area contributed by atoms with E-state index in [4.69, 9.17) is 5.11 Å². The zero-order valence-corrected chi connectivity index (χ0v) is 13.9. The molecule has 2 heterocycles. The van der Waals surface area contributed by atoms with Gasteiger partial charge in [0.15, 0.2) is 0 Å². The Morgan fingerprint density at radius 2 is 2.00 bits per heavy atom. The number of H-pyrrole nitrogens is 1. The number of aromatic amines is 1. The largest absolute Gasteiger partial charge is 0.395 e. The molecular formula is C19H17FN4O2. The van der Waals surface area contributed by atoms with Crippen molar-refractivity contribution >= 4 is 27.8 Å². The summed E-state index contributed by atoms with van der Waals surface area (Å²) in [7, 11) is 0. The van der Waals surface area contributed by atoms with Gasteiger partial charge >= 0.3 is 0 Å². The first kappa shape index (κ1) is 16.3. The Balaban J connectivity index is 1.66. The Morgan fingerprint density at radius 3 is 2.77 bits per heavy atom. The highest BCUT2D eigenvalue weighted by molar-refractivity contribution is 6.05. The van der Waals surface area contributed by atoms with Gasteiger partial charge in [0.05, 0.1) is 29.4 Å². The van der Waals surface area contributed by atoms with Crippen LogP contribution in [0.25, 0.3) is 21.9 Å². The van der Waals surface area contributed by atoms with E-state index in [2.05, 4.69) is 20.1 Å². The van der Waals surface area contributed by atoms with Crippen LogP contribution in [-0.2, 0) is 6.54 Å². The number of nitrogens with zero attached hydrogens (tertiary/aromatic N) is 2. The summed E-state index contributed by atoms with van der Waals surface area (Å²) in [5.41, 5.74) is 4.16. The topological polar surface area (TPSA) is 82.9 Å². The summed E-state index contributed by atoms with van der Waals surface area (Å²) >= 11 is 0. The van der Waals surface area contributed by atoms with Gasteiger partial charge in [0.25, 0.3) is 5.91 Å². The lowest BCUT2D eigenvalue weighted by Gasteiger charge is -2.08. The van der Waals surface area contributed by atoms with Crippen molar-refractivity contribution in [1.29, 1.82) is 0 Å². The van der Waals surface area contributed by atoms with Crippen LogP contribution >= 0.6 is 0 Å². The minimum atomic E-state index is -0.288. The third-order valence-corrected chi connectivity index (χ3v) is 4.38. The maximum Gasteiger partial charge on any atom is 0.251 e. The number of carbonyl (C=O) groups is 1. The predicted molar refractivity (Wildman–Crippen MR) is 96.5 cm³/mol. The number of amides is 1. The number of hydrogen-bond donors (Lipinski definition) is 3. The molecule has 0 spiro atoms. The first-order valence-electron chi connectivity index (χ1n) is 8.26. The lowest BCUT2D eigenvalue weighted by Crippen LogP contribution is -2.26. The van der Waals surface area contributed by atoms with E-state index in [-0.39, 0.29) is 24.9 Å². The molecule has 4 rings (SSSR count). The van der Waals surface area contributed by atoms with Gasteiger partial charge in [0.1, 0.15) is 5.82 Å². The SMILES string of the molecule is O=C(NCCO)c1ccc(Cn2c3ccc(F)cc3c3[nH]ncc32)cc1. The minimum Gasteiger partial charge on any atom is -0.395 e. The first-order chi connectivity index (χ1) is 12.7. The number of aliphatic hydroxyl groups is 1. The molecule has 0 aliphatic heterocycles. The second-order valence-corrected chi connectivity index (χ2v) is 6.05. The average Bonchev–Trinajstić information content (AvgIpc) is 3.23. The summed E-state index contributed by atoms with van der Waals surface area (Å²) in [4.78, 5) is 11.9. The van der Waals surface area contributed by atoms with Gasteiger partial charge in [0, 0.05) is 24.0 Å². The number of nitrogens with one attached hydrogen (secondary N) is 2. The minimum absolute atomic E-state index is 0.0914. The Morgan fingerprint density at radius 1 is 1.19 bits per heavy atom. The average molecular weight is 352 g/mol. The number of rotatable bonds is 5. The third kappa shape index (κ3) is 2.82.